The number of para-hydroxylation sites is 1. The molecular weight excluding hydrogens is 336 g/mol. The first-order valence-electron chi connectivity index (χ1n) is 9.65. The van der Waals surface area contributed by atoms with E-state index in [1.54, 1.807) is 0 Å². The molecule has 0 unspecified atom stereocenters. The number of aromatic nitrogens is 2. The van der Waals surface area contributed by atoms with Gasteiger partial charge in [-0.3, -0.25) is 4.90 Å². The summed E-state index contributed by atoms with van der Waals surface area (Å²) in [6.45, 7) is 3.83. The third-order valence-electron chi connectivity index (χ3n) is 5.00. The van der Waals surface area contributed by atoms with Crippen molar-refractivity contribution in [3.63, 3.8) is 0 Å². The molecule has 2 aromatic carbocycles. The Kier molecular flexibility index (Phi) is 5.49. The fourth-order valence-electron chi connectivity index (χ4n) is 3.69. The van der Waals surface area contributed by atoms with E-state index >= 15 is 0 Å². The first-order chi connectivity index (χ1) is 13.3. The van der Waals surface area contributed by atoms with Crippen molar-refractivity contribution in [2.45, 2.75) is 32.4 Å². The van der Waals surface area contributed by atoms with Crippen molar-refractivity contribution < 1.29 is 4.52 Å². The van der Waals surface area contributed by atoms with Crippen LogP contribution in [0, 0.1) is 0 Å². The molecule has 140 valence electrons. The van der Waals surface area contributed by atoms with Crippen LogP contribution < -0.4 is 4.90 Å². The number of benzene rings is 2. The summed E-state index contributed by atoms with van der Waals surface area (Å²) in [7, 11) is 2.10. The lowest BCUT2D eigenvalue weighted by Gasteiger charge is -2.23. The molecule has 5 heteroatoms. The van der Waals surface area contributed by atoms with Crippen LogP contribution >= 0.6 is 0 Å². The van der Waals surface area contributed by atoms with E-state index in [-0.39, 0.29) is 0 Å². The summed E-state index contributed by atoms with van der Waals surface area (Å²) in [5.41, 5.74) is 3.90. The first kappa shape index (κ1) is 17.7. The van der Waals surface area contributed by atoms with Crippen LogP contribution in [0.15, 0.2) is 59.1 Å². The van der Waals surface area contributed by atoms with Gasteiger partial charge in [-0.25, -0.2) is 0 Å². The van der Waals surface area contributed by atoms with Gasteiger partial charge in [0.15, 0.2) is 5.82 Å². The lowest BCUT2D eigenvalue weighted by Crippen LogP contribution is -2.23. The highest BCUT2D eigenvalue weighted by atomic mass is 16.5. The molecule has 1 aliphatic rings. The maximum Gasteiger partial charge on any atom is 0.240 e. The van der Waals surface area contributed by atoms with Gasteiger partial charge in [-0.2, -0.15) is 4.98 Å². The van der Waals surface area contributed by atoms with Crippen LogP contribution in [0.1, 0.15) is 35.7 Å². The van der Waals surface area contributed by atoms with Crippen molar-refractivity contribution >= 4 is 5.69 Å². The van der Waals surface area contributed by atoms with Gasteiger partial charge in [-0.05, 0) is 37.1 Å². The fraction of sp³-hybridized carbons (Fsp3) is 0.364. The smallest absolute Gasteiger partial charge is 0.240 e. The summed E-state index contributed by atoms with van der Waals surface area (Å²) in [5, 5.41) is 4.13. The molecular formula is C22H26N4O. The number of hydrogen-bond donors (Lipinski definition) is 0. The molecule has 0 spiro atoms. The van der Waals surface area contributed by atoms with E-state index in [4.69, 9.17) is 4.52 Å². The van der Waals surface area contributed by atoms with E-state index in [1.807, 2.05) is 18.2 Å². The molecule has 1 aromatic heterocycles. The molecule has 1 saturated heterocycles. The van der Waals surface area contributed by atoms with Crippen LogP contribution in [0.5, 0.6) is 0 Å². The summed E-state index contributed by atoms with van der Waals surface area (Å²) in [4.78, 5) is 9.28. The Bertz CT molecular complexity index is 856. The quantitative estimate of drug-likeness (QED) is 0.638. The largest absolute Gasteiger partial charge is 0.371 e. The van der Waals surface area contributed by atoms with Gasteiger partial charge in [0.05, 0.1) is 6.54 Å². The van der Waals surface area contributed by atoms with Gasteiger partial charge < -0.3 is 9.42 Å². The summed E-state index contributed by atoms with van der Waals surface area (Å²) < 4.78 is 5.46. The predicted molar refractivity (Wildman–Crippen MR) is 107 cm³/mol. The summed E-state index contributed by atoms with van der Waals surface area (Å²) >= 11 is 0. The molecule has 0 N–H and O–H groups in total. The highest BCUT2D eigenvalue weighted by Gasteiger charge is 2.17. The zero-order valence-corrected chi connectivity index (χ0v) is 15.8. The number of rotatable bonds is 7. The lowest BCUT2D eigenvalue weighted by molar-refractivity contribution is 0.260. The highest BCUT2D eigenvalue weighted by Crippen LogP contribution is 2.25. The Labute approximate surface area is 160 Å². The zero-order chi connectivity index (χ0) is 18.5. The van der Waals surface area contributed by atoms with E-state index in [9.17, 15) is 0 Å². The van der Waals surface area contributed by atoms with Crippen molar-refractivity contribution in [1.29, 1.82) is 0 Å². The van der Waals surface area contributed by atoms with Gasteiger partial charge in [0.2, 0.25) is 5.89 Å². The predicted octanol–water partition coefficient (Wildman–Crippen LogP) is 3.89. The van der Waals surface area contributed by atoms with Crippen molar-refractivity contribution in [3.8, 4) is 0 Å². The minimum absolute atomic E-state index is 0.649. The van der Waals surface area contributed by atoms with Crippen molar-refractivity contribution in [2.24, 2.45) is 0 Å². The molecule has 1 aliphatic heterocycles. The van der Waals surface area contributed by atoms with E-state index < -0.39 is 0 Å². The number of nitrogens with zero attached hydrogens (tertiary/aromatic N) is 4. The molecule has 27 heavy (non-hydrogen) atoms. The summed E-state index contributed by atoms with van der Waals surface area (Å²) in [6.07, 6.45) is 3.28. The Hall–Kier alpha value is -2.66. The van der Waals surface area contributed by atoms with Gasteiger partial charge in [-0.1, -0.05) is 53.7 Å². The van der Waals surface area contributed by atoms with Crippen LogP contribution in [0.3, 0.4) is 0 Å². The average molecular weight is 362 g/mol. The van der Waals surface area contributed by atoms with Crippen LogP contribution in [0.25, 0.3) is 0 Å². The van der Waals surface area contributed by atoms with Crippen LogP contribution in [-0.4, -0.2) is 35.2 Å². The van der Waals surface area contributed by atoms with Crippen molar-refractivity contribution in [2.75, 3.05) is 25.0 Å². The lowest BCUT2D eigenvalue weighted by atomic mass is 10.1. The Morgan fingerprint density at radius 1 is 0.963 bits per heavy atom. The van der Waals surface area contributed by atoms with Crippen LogP contribution in [-0.2, 0) is 19.5 Å². The van der Waals surface area contributed by atoms with Crippen LogP contribution in [0.2, 0.25) is 0 Å². The number of hydrogen-bond acceptors (Lipinski definition) is 5. The Balaban J connectivity index is 1.38. The molecule has 3 aromatic rings. The van der Waals surface area contributed by atoms with Gasteiger partial charge in [0, 0.05) is 31.7 Å². The summed E-state index contributed by atoms with van der Waals surface area (Å²) in [5.74, 6) is 1.41. The second-order valence-electron chi connectivity index (χ2n) is 7.26. The molecule has 0 amide bonds. The molecule has 0 radical (unpaired) electrons. The topological polar surface area (TPSA) is 45.4 Å². The molecule has 4 rings (SSSR count). The Morgan fingerprint density at radius 2 is 1.70 bits per heavy atom. The highest BCUT2D eigenvalue weighted by molar-refractivity contribution is 5.54. The molecule has 0 aliphatic carbocycles. The average Bonchev–Trinajstić information content (AvgIpc) is 3.35. The maximum atomic E-state index is 5.46. The second-order valence-corrected chi connectivity index (χ2v) is 7.26. The van der Waals surface area contributed by atoms with Gasteiger partial charge >= 0.3 is 0 Å². The van der Waals surface area contributed by atoms with E-state index in [0.29, 0.717) is 18.9 Å². The second kappa shape index (κ2) is 8.35. The van der Waals surface area contributed by atoms with Crippen molar-refractivity contribution in [3.05, 3.63) is 77.4 Å². The van der Waals surface area contributed by atoms with E-state index in [1.165, 1.54) is 29.7 Å². The summed E-state index contributed by atoms with van der Waals surface area (Å²) in [6, 6.07) is 18.9. The van der Waals surface area contributed by atoms with Gasteiger partial charge in [0.1, 0.15) is 0 Å². The monoisotopic (exact) mass is 362 g/mol. The van der Waals surface area contributed by atoms with Crippen molar-refractivity contribution in [1.82, 2.24) is 15.0 Å². The Morgan fingerprint density at radius 3 is 2.52 bits per heavy atom. The third-order valence-corrected chi connectivity index (χ3v) is 5.00. The third kappa shape index (κ3) is 4.55. The van der Waals surface area contributed by atoms with Gasteiger partial charge in [0.25, 0.3) is 0 Å². The van der Waals surface area contributed by atoms with E-state index in [2.05, 4.69) is 63.4 Å². The van der Waals surface area contributed by atoms with Crippen LogP contribution in [0.4, 0.5) is 5.69 Å². The minimum Gasteiger partial charge on any atom is -0.371 e. The maximum absolute atomic E-state index is 5.46. The SMILES string of the molecule is CN(Cc1nc(Cc2ccccc2)no1)Cc1ccccc1N1CCCC1. The fourth-order valence-corrected chi connectivity index (χ4v) is 3.69. The minimum atomic E-state index is 0.649. The molecule has 0 atom stereocenters. The first-order valence-corrected chi connectivity index (χ1v) is 9.65. The standard InChI is InChI=1S/C22H26N4O/c1-25(16-19-11-5-6-12-20(19)26-13-7-8-14-26)17-22-23-21(24-27-22)15-18-9-3-2-4-10-18/h2-6,9-12H,7-8,13-17H2,1H3. The zero-order valence-electron chi connectivity index (χ0n) is 15.8. The molecule has 1 fully saturated rings. The molecule has 2 heterocycles. The molecule has 5 nitrogen and oxygen atoms in total. The van der Waals surface area contributed by atoms with Gasteiger partial charge in [-0.15, -0.1) is 0 Å². The molecule has 0 saturated carbocycles. The molecule has 0 bridgehead atoms. The van der Waals surface area contributed by atoms with E-state index in [0.717, 1.165) is 25.5 Å². The normalized spacial score (nSPS) is 14.2. The number of anilines is 1.